The van der Waals surface area contributed by atoms with Crippen LogP contribution in [0, 0.1) is 0 Å². The molecule has 3 aromatic rings. The van der Waals surface area contributed by atoms with E-state index in [4.69, 9.17) is 0 Å². The van der Waals surface area contributed by atoms with E-state index < -0.39 is 0 Å². The van der Waals surface area contributed by atoms with Crippen molar-refractivity contribution >= 4 is 28.3 Å². The van der Waals surface area contributed by atoms with E-state index >= 15 is 0 Å². The number of carbonyl (C=O) groups excluding carboxylic acids is 1. The Kier molecular flexibility index (Phi) is 7.71. The molecule has 3 N–H and O–H groups in total. The van der Waals surface area contributed by atoms with Crippen LogP contribution in [0.1, 0.15) is 75.8 Å². The van der Waals surface area contributed by atoms with Gasteiger partial charge in [0.15, 0.2) is 0 Å². The van der Waals surface area contributed by atoms with E-state index in [1.54, 1.807) is 0 Å². The number of aromatic nitrogens is 1. The molecule has 176 valence electrons. The second-order valence-electron chi connectivity index (χ2n) is 9.45. The monoisotopic (exact) mass is 446 g/mol. The Hall–Kier alpha value is -2.79. The number of likely N-dealkylation sites (tertiary alicyclic amines) is 1. The van der Waals surface area contributed by atoms with Crippen molar-refractivity contribution in [1.82, 2.24) is 9.88 Å². The number of aromatic amines is 1. The first kappa shape index (κ1) is 23.4. The number of urea groups is 1. The summed E-state index contributed by atoms with van der Waals surface area (Å²) in [6.07, 6.45) is 8.14. The van der Waals surface area contributed by atoms with Crippen LogP contribution in [0.5, 0.6) is 0 Å². The van der Waals surface area contributed by atoms with Crippen molar-refractivity contribution in [1.29, 1.82) is 0 Å². The number of nitrogens with zero attached hydrogens (tertiary/aromatic N) is 1. The van der Waals surface area contributed by atoms with Crippen LogP contribution < -0.4 is 10.6 Å². The maximum absolute atomic E-state index is 12.8. The quantitative estimate of drug-likeness (QED) is 0.340. The summed E-state index contributed by atoms with van der Waals surface area (Å²) >= 11 is 0. The molecule has 1 saturated heterocycles. The van der Waals surface area contributed by atoms with Crippen LogP contribution in [0.3, 0.4) is 0 Å². The minimum absolute atomic E-state index is 0.202. The van der Waals surface area contributed by atoms with Gasteiger partial charge in [-0.15, -0.1) is 0 Å². The Labute approximate surface area is 198 Å². The highest BCUT2D eigenvalue weighted by Crippen LogP contribution is 2.34. The maximum Gasteiger partial charge on any atom is 0.323 e. The lowest BCUT2D eigenvalue weighted by Crippen LogP contribution is -2.33. The number of anilines is 2. The van der Waals surface area contributed by atoms with Crippen molar-refractivity contribution < 1.29 is 4.79 Å². The summed E-state index contributed by atoms with van der Waals surface area (Å²) in [4.78, 5) is 18.8. The number of para-hydroxylation sites is 1. The number of carbonyl (C=O) groups is 1. The van der Waals surface area contributed by atoms with Gasteiger partial charge in [0.2, 0.25) is 0 Å². The van der Waals surface area contributed by atoms with Gasteiger partial charge in [-0.1, -0.05) is 45.4 Å². The Morgan fingerprint density at radius 3 is 2.67 bits per heavy atom. The van der Waals surface area contributed by atoms with Gasteiger partial charge in [0.1, 0.15) is 0 Å². The maximum atomic E-state index is 12.8. The number of H-pyrrole nitrogens is 1. The molecule has 2 heterocycles. The lowest BCUT2D eigenvalue weighted by molar-refractivity contribution is 0.210. The van der Waals surface area contributed by atoms with Crippen molar-refractivity contribution in [2.24, 2.45) is 0 Å². The minimum atomic E-state index is -0.202. The number of rotatable bonds is 8. The molecule has 1 fully saturated rings. The topological polar surface area (TPSA) is 60.2 Å². The number of benzene rings is 2. The van der Waals surface area contributed by atoms with Gasteiger partial charge in [-0.05, 0) is 92.5 Å². The summed E-state index contributed by atoms with van der Waals surface area (Å²) in [6.45, 7) is 10.2. The molecule has 0 radical (unpaired) electrons. The van der Waals surface area contributed by atoms with Gasteiger partial charge < -0.3 is 20.5 Å². The SMILES string of the molecule is CCCCN1CCC(c2c[nH]c3ccc(NC(=O)Nc4ccccc4C(C)CC)cc23)CC1. The number of fused-ring (bicyclic) bond motifs is 1. The van der Waals surface area contributed by atoms with Gasteiger partial charge >= 0.3 is 6.03 Å². The lowest BCUT2D eigenvalue weighted by Gasteiger charge is -2.31. The van der Waals surface area contributed by atoms with Crippen molar-refractivity contribution in [3.05, 3.63) is 59.8 Å². The molecular weight excluding hydrogens is 408 g/mol. The highest BCUT2D eigenvalue weighted by atomic mass is 16.2. The third-order valence-electron chi connectivity index (χ3n) is 7.18. The van der Waals surface area contributed by atoms with E-state index in [1.165, 1.54) is 61.8 Å². The average Bonchev–Trinajstić information content (AvgIpc) is 3.26. The van der Waals surface area contributed by atoms with Gasteiger partial charge in [-0.25, -0.2) is 4.79 Å². The van der Waals surface area contributed by atoms with Crippen LogP contribution in [0.2, 0.25) is 0 Å². The molecule has 2 amide bonds. The van der Waals surface area contributed by atoms with Crippen LogP contribution in [-0.2, 0) is 0 Å². The predicted molar refractivity (Wildman–Crippen MR) is 139 cm³/mol. The highest BCUT2D eigenvalue weighted by Gasteiger charge is 2.22. The van der Waals surface area contributed by atoms with Crippen LogP contribution in [0.4, 0.5) is 16.2 Å². The normalized spacial score (nSPS) is 16.1. The Morgan fingerprint density at radius 2 is 1.91 bits per heavy atom. The van der Waals surface area contributed by atoms with E-state index in [0.29, 0.717) is 11.8 Å². The Morgan fingerprint density at radius 1 is 1.12 bits per heavy atom. The van der Waals surface area contributed by atoms with E-state index in [9.17, 15) is 4.79 Å². The summed E-state index contributed by atoms with van der Waals surface area (Å²) in [5, 5.41) is 7.32. The minimum Gasteiger partial charge on any atom is -0.361 e. The number of unbranched alkanes of at least 4 members (excludes halogenated alkanes) is 1. The average molecular weight is 447 g/mol. The molecule has 0 saturated carbocycles. The van der Waals surface area contributed by atoms with Gasteiger partial charge in [0, 0.05) is 28.5 Å². The van der Waals surface area contributed by atoms with Crippen LogP contribution >= 0.6 is 0 Å². The standard InChI is InChI=1S/C28H38N4O/c1-4-6-15-32-16-13-21(14-17-32)25-19-29-26-12-11-22(18-24(25)26)30-28(33)31-27-10-8-7-9-23(27)20(3)5-2/h7-12,18-21,29H,4-6,13-17H2,1-3H3,(H2,30,31,33). The lowest BCUT2D eigenvalue weighted by atomic mass is 9.89. The van der Waals surface area contributed by atoms with Gasteiger partial charge in [0.05, 0.1) is 0 Å². The summed E-state index contributed by atoms with van der Waals surface area (Å²) in [5.74, 6) is 0.969. The molecule has 1 aliphatic heterocycles. The fourth-order valence-electron chi connectivity index (χ4n) is 4.95. The predicted octanol–water partition coefficient (Wildman–Crippen LogP) is 7.30. The van der Waals surface area contributed by atoms with Crippen LogP contribution in [-0.4, -0.2) is 35.5 Å². The largest absolute Gasteiger partial charge is 0.361 e. The molecule has 5 heteroatoms. The molecule has 1 unspecified atom stereocenters. The molecule has 1 aliphatic rings. The zero-order valence-corrected chi connectivity index (χ0v) is 20.3. The molecule has 33 heavy (non-hydrogen) atoms. The second-order valence-corrected chi connectivity index (χ2v) is 9.45. The van der Waals surface area contributed by atoms with Gasteiger partial charge in [0.25, 0.3) is 0 Å². The van der Waals surface area contributed by atoms with E-state index in [0.717, 1.165) is 23.3 Å². The summed E-state index contributed by atoms with van der Waals surface area (Å²) in [7, 11) is 0. The van der Waals surface area contributed by atoms with Crippen LogP contribution in [0.15, 0.2) is 48.7 Å². The highest BCUT2D eigenvalue weighted by molar-refractivity contribution is 6.01. The first-order valence-corrected chi connectivity index (χ1v) is 12.6. The molecule has 4 rings (SSSR count). The molecule has 0 spiro atoms. The summed E-state index contributed by atoms with van der Waals surface area (Å²) in [6, 6.07) is 14.0. The zero-order chi connectivity index (χ0) is 23.2. The summed E-state index contributed by atoms with van der Waals surface area (Å²) < 4.78 is 0. The van der Waals surface area contributed by atoms with Gasteiger partial charge in [-0.3, -0.25) is 0 Å². The van der Waals surface area contributed by atoms with E-state index in [1.807, 2.05) is 24.3 Å². The van der Waals surface area contributed by atoms with E-state index in [-0.39, 0.29) is 6.03 Å². The molecule has 0 bridgehead atoms. The van der Waals surface area contributed by atoms with Crippen molar-refractivity contribution in [2.45, 2.75) is 64.7 Å². The smallest absolute Gasteiger partial charge is 0.323 e. The molecule has 0 aliphatic carbocycles. The molecule has 2 aromatic carbocycles. The fraction of sp³-hybridized carbons (Fsp3) is 0.464. The molecule has 1 aromatic heterocycles. The van der Waals surface area contributed by atoms with Gasteiger partial charge in [-0.2, -0.15) is 0 Å². The molecule has 1 atom stereocenters. The number of hydrogen-bond acceptors (Lipinski definition) is 2. The Bertz CT molecular complexity index is 1060. The molecule has 5 nitrogen and oxygen atoms in total. The Balaban J connectivity index is 1.44. The first-order chi connectivity index (χ1) is 16.1. The van der Waals surface area contributed by atoms with Crippen molar-refractivity contribution in [2.75, 3.05) is 30.3 Å². The van der Waals surface area contributed by atoms with Crippen molar-refractivity contribution in [3.63, 3.8) is 0 Å². The number of piperidine rings is 1. The number of nitrogens with one attached hydrogen (secondary N) is 3. The van der Waals surface area contributed by atoms with Crippen LogP contribution in [0.25, 0.3) is 10.9 Å². The van der Waals surface area contributed by atoms with Crippen molar-refractivity contribution in [3.8, 4) is 0 Å². The van der Waals surface area contributed by atoms with E-state index in [2.05, 4.69) is 65.7 Å². The third-order valence-corrected chi connectivity index (χ3v) is 7.18. The fourth-order valence-corrected chi connectivity index (χ4v) is 4.95. The number of hydrogen-bond donors (Lipinski definition) is 3. The zero-order valence-electron chi connectivity index (χ0n) is 20.3. The second kappa shape index (κ2) is 10.9. The molecular formula is C28H38N4O. The number of amides is 2. The first-order valence-electron chi connectivity index (χ1n) is 12.6. The third kappa shape index (κ3) is 5.59. The summed E-state index contributed by atoms with van der Waals surface area (Å²) in [5.41, 5.74) is 5.38.